The minimum atomic E-state index is -1.43. The Kier molecular flexibility index (Phi) is 20.8. The summed E-state index contributed by atoms with van der Waals surface area (Å²) in [5.74, 6) is 0.0318. The summed E-state index contributed by atoms with van der Waals surface area (Å²) in [6.45, 7) is 7.65. The Hall–Kier alpha value is -5.53. The molecular formula is C63H82N2O10. The van der Waals surface area contributed by atoms with Gasteiger partial charge in [-0.2, -0.15) is 0 Å². The lowest BCUT2D eigenvalue weighted by Gasteiger charge is -2.60. The molecule has 1 unspecified atom stereocenters. The lowest BCUT2D eigenvalue weighted by atomic mass is 9.55. The Balaban J connectivity index is 1.29. The molecule has 0 bridgehead atoms. The molecule has 12 nitrogen and oxygen atoms in total. The fraction of sp³-hybridized carbons (Fsp3) is 0.540. The van der Waals surface area contributed by atoms with Gasteiger partial charge in [0.15, 0.2) is 6.29 Å². The Morgan fingerprint density at radius 3 is 2.36 bits per heavy atom. The Morgan fingerprint density at radius 1 is 0.867 bits per heavy atom. The molecule has 404 valence electrons. The van der Waals surface area contributed by atoms with E-state index in [0.717, 1.165) is 104 Å². The number of aliphatic hydroxyl groups is 2. The normalized spacial score (nSPS) is 23.4. The van der Waals surface area contributed by atoms with Gasteiger partial charge in [-0.3, -0.25) is 9.59 Å². The maximum atomic E-state index is 15.6. The van der Waals surface area contributed by atoms with Gasteiger partial charge in [0.25, 0.3) is 0 Å². The molecule has 2 aliphatic carbocycles. The zero-order valence-electron chi connectivity index (χ0n) is 44.6. The van der Waals surface area contributed by atoms with Crippen LogP contribution >= 0.6 is 0 Å². The quantitative estimate of drug-likeness (QED) is 0.0224. The van der Waals surface area contributed by atoms with E-state index < -0.39 is 24.0 Å². The highest BCUT2D eigenvalue weighted by Gasteiger charge is 2.65. The highest BCUT2D eigenvalue weighted by atomic mass is 16.8. The van der Waals surface area contributed by atoms with Gasteiger partial charge >= 0.3 is 0 Å². The number of aliphatic hydroxyl groups excluding tert-OH is 2. The molecule has 4 aromatic carbocycles. The number of carbonyl (C=O) groups excluding carboxylic acids is 2. The second-order valence-corrected chi connectivity index (χ2v) is 21.0. The van der Waals surface area contributed by atoms with Crippen LogP contribution in [0.15, 0.2) is 108 Å². The summed E-state index contributed by atoms with van der Waals surface area (Å²) >= 11 is 0. The lowest BCUT2D eigenvalue weighted by molar-refractivity contribution is -0.258. The number of hydrogen-bond acceptors (Lipinski definition) is 11. The smallest absolute Gasteiger partial charge is 0.239 e. The SMILES string of the molecule is C=CCO[C@@]12Oc3ccc(Oc4ccc(OC)c(C=O)c4)cc3[C@H]3[C@H](CCCCO)[C@@H](CCCCO)C=C(C(=NOC4CCCCO4)C[C@@H]1N(Cc1cccc4ccccc14)C(=O)CCCCCCCCCCC)[C@H]32. The van der Waals surface area contributed by atoms with Crippen molar-refractivity contribution in [3.8, 4) is 23.0 Å². The zero-order valence-corrected chi connectivity index (χ0v) is 44.6. The number of amides is 1. The monoisotopic (exact) mass is 1030 g/mol. The number of hydrogen-bond donors (Lipinski definition) is 2. The van der Waals surface area contributed by atoms with Crippen molar-refractivity contribution in [1.29, 1.82) is 0 Å². The van der Waals surface area contributed by atoms with E-state index >= 15 is 4.79 Å². The van der Waals surface area contributed by atoms with Gasteiger partial charge in [-0.25, -0.2) is 0 Å². The number of oxime groups is 1. The number of aldehydes is 1. The third-order valence-corrected chi connectivity index (χ3v) is 16.0. The molecule has 4 aromatic rings. The number of methoxy groups -OCH3 is 1. The topological polar surface area (TPSA) is 146 Å². The van der Waals surface area contributed by atoms with Crippen molar-refractivity contribution in [2.45, 2.75) is 166 Å². The van der Waals surface area contributed by atoms with Gasteiger partial charge in [0.2, 0.25) is 18.0 Å². The molecule has 4 aliphatic rings. The number of rotatable bonds is 30. The van der Waals surface area contributed by atoms with Gasteiger partial charge in [0.1, 0.15) is 29.0 Å². The summed E-state index contributed by atoms with van der Waals surface area (Å²) in [7, 11) is 1.53. The van der Waals surface area contributed by atoms with Crippen molar-refractivity contribution in [3.05, 3.63) is 120 Å². The molecule has 0 spiro atoms. The molecule has 0 aromatic heterocycles. The molecule has 8 rings (SSSR count). The lowest BCUT2D eigenvalue weighted by Crippen LogP contribution is -2.70. The van der Waals surface area contributed by atoms with E-state index in [1.165, 1.54) is 45.6 Å². The number of nitrogens with zero attached hydrogens (tertiary/aromatic N) is 2. The molecule has 1 amide bonds. The van der Waals surface area contributed by atoms with Crippen molar-refractivity contribution in [1.82, 2.24) is 4.90 Å². The van der Waals surface area contributed by atoms with Crippen LogP contribution in [-0.4, -0.2) is 84.7 Å². The number of carbonyl (C=O) groups is 2. The Morgan fingerprint density at radius 2 is 1.61 bits per heavy atom. The third-order valence-electron chi connectivity index (χ3n) is 16.0. The Labute approximate surface area is 445 Å². The Bertz CT molecular complexity index is 2550. The summed E-state index contributed by atoms with van der Waals surface area (Å²) in [5.41, 5.74) is 4.03. The molecule has 12 heteroatoms. The highest BCUT2D eigenvalue weighted by Crippen LogP contribution is 2.62. The number of ether oxygens (including phenoxy) is 5. The molecule has 2 aliphatic heterocycles. The molecule has 2 fully saturated rings. The standard InChI is InChI=1S/C63H82N2O10/c1-4-6-7-8-9-10-11-12-13-29-59(69)65(43-47-26-22-25-45-23-14-15-27-51(45)47)58-42-55(64-75-60-30-18-21-38-71-60)53-40-46(24-16-19-35-66)52(28-17-20-36-67)61-54-41-50(73-49-31-33-56(70-3)48(39-49)44-68)32-34-57(54)74-63(58,62(53)61)72-37-5-2/h5,14-15,22-23,25-27,31-34,39-41,44,46,52,58,60-62,66-67H,2,4,6-13,16-21,24,28-30,35-38,42-43H2,1,3H3/t46-,52+,58-,60?,61+,62+,63+/m0/s1. The number of allylic oxidation sites excluding steroid dienone is 1. The van der Waals surface area contributed by atoms with Crippen molar-refractivity contribution >= 4 is 28.7 Å². The minimum absolute atomic E-state index is 0.0167. The first-order valence-electron chi connectivity index (χ1n) is 28.3. The number of unbranched alkanes of at least 4 members (excludes halogenated alkanes) is 10. The van der Waals surface area contributed by atoms with Crippen LogP contribution in [0.3, 0.4) is 0 Å². The predicted octanol–water partition coefficient (Wildman–Crippen LogP) is 13.6. The molecular weight excluding hydrogens is 945 g/mol. The van der Waals surface area contributed by atoms with E-state index in [1.54, 1.807) is 24.3 Å². The van der Waals surface area contributed by atoms with Crippen molar-refractivity contribution in [2.24, 2.45) is 22.9 Å². The summed E-state index contributed by atoms with van der Waals surface area (Å²) in [5, 5.41) is 27.6. The summed E-state index contributed by atoms with van der Waals surface area (Å²) in [6.07, 6.45) is 22.5. The maximum absolute atomic E-state index is 15.6. The number of benzene rings is 4. The fourth-order valence-electron chi connectivity index (χ4n) is 12.3. The molecule has 1 saturated carbocycles. The van der Waals surface area contributed by atoms with E-state index in [9.17, 15) is 15.0 Å². The van der Waals surface area contributed by atoms with Gasteiger partial charge in [0.05, 0.1) is 37.5 Å². The summed E-state index contributed by atoms with van der Waals surface area (Å²) < 4.78 is 33.1. The van der Waals surface area contributed by atoms with Gasteiger partial charge in [-0.05, 0) is 115 Å². The first-order valence-corrected chi connectivity index (χ1v) is 28.3. The molecule has 2 heterocycles. The van der Waals surface area contributed by atoms with Crippen LogP contribution in [-0.2, 0) is 25.7 Å². The maximum Gasteiger partial charge on any atom is 0.239 e. The fourth-order valence-corrected chi connectivity index (χ4v) is 12.3. The minimum Gasteiger partial charge on any atom is -0.496 e. The molecule has 0 radical (unpaired) electrons. The van der Waals surface area contributed by atoms with Crippen LogP contribution in [0.4, 0.5) is 0 Å². The summed E-state index contributed by atoms with van der Waals surface area (Å²) in [4.78, 5) is 36.2. The highest BCUT2D eigenvalue weighted by molar-refractivity contribution is 6.03. The van der Waals surface area contributed by atoms with Gasteiger partial charge in [-0.1, -0.05) is 131 Å². The van der Waals surface area contributed by atoms with Crippen LogP contribution < -0.4 is 14.2 Å². The van der Waals surface area contributed by atoms with E-state index in [2.05, 4.69) is 62.0 Å². The average molecular weight is 1030 g/mol. The van der Waals surface area contributed by atoms with Gasteiger partial charge in [-0.15, -0.1) is 6.58 Å². The van der Waals surface area contributed by atoms with Crippen LogP contribution in [0.25, 0.3) is 10.8 Å². The van der Waals surface area contributed by atoms with E-state index in [1.807, 2.05) is 23.1 Å². The van der Waals surface area contributed by atoms with Crippen molar-refractivity contribution in [3.63, 3.8) is 0 Å². The first kappa shape index (κ1) is 55.7. The number of fused-ring (bicyclic) bond motifs is 3. The van der Waals surface area contributed by atoms with Crippen molar-refractivity contribution < 1.29 is 48.3 Å². The van der Waals surface area contributed by atoms with Crippen LogP contribution in [0.1, 0.15) is 163 Å². The molecule has 1 saturated heterocycles. The van der Waals surface area contributed by atoms with E-state index in [0.29, 0.717) is 67.4 Å². The average Bonchev–Trinajstić information content (AvgIpc) is 3.47. The van der Waals surface area contributed by atoms with E-state index in [4.69, 9.17) is 33.7 Å². The van der Waals surface area contributed by atoms with Crippen LogP contribution in [0.2, 0.25) is 0 Å². The second-order valence-electron chi connectivity index (χ2n) is 21.0. The third kappa shape index (κ3) is 13.5. The zero-order chi connectivity index (χ0) is 52.4. The van der Waals surface area contributed by atoms with Crippen LogP contribution in [0.5, 0.6) is 23.0 Å². The van der Waals surface area contributed by atoms with Crippen molar-refractivity contribution in [2.75, 3.05) is 33.5 Å². The summed E-state index contributed by atoms with van der Waals surface area (Å²) in [6, 6.07) is 25.1. The van der Waals surface area contributed by atoms with Gasteiger partial charge < -0.3 is 43.6 Å². The van der Waals surface area contributed by atoms with Crippen LogP contribution in [0, 0.1) is 17.8 Å². The molecule has 2 N–H and O–H groups in total. The first-order chi connectivity index (χ1) is 36.9. The predicted molar refractivity (Wildman–Crippen MR) is 294 cm³/mol. The van der Waals surface area contributed by atoms with E-state index in [-0.39, 0.29) is 43.5 Å². The molecule has 7 atom stereocenters. The van der Waals surface area contributed by atoms with Gasteiger partial charge in [0, 0.05) is 50.5 Å². The largest absolute Gasteiger partial charge is 0.496 e. The second kappa shape index (κ2) is 28.0. The molecule has 75 heavy (non-hydrogen) atoms.